The SMILES string of the molecule is O=C(Nc1cccc2c(O)n(Cc3cccc(Cn4cccn4)c3)c(O)c12)c1ccc(Cl)s1. The minimum atomic E-state index is -0.336. The third kappa shape index (κ3) is 4.18. The summed E-state index contributed by atoms with van der Waals surface area (Å²) >= 11 is 7.10. The summed E-state index contributed by atoms with van der Waals surface area (Å²) in [7, 11) is 0. The molecule has 0 bridgehead atoms. The summed E-state index contributed by atoms with van der Waals surface area (Å²) in [6.45, 7) is 0.878. The maximum Gasteiger partial charge on any atom is 0.265 e. The van der Waals surface area contributed by atoms with Crippen LogP contribution < -0.4 is 5.32 Å². The van der Waals surface area contributed by atoms with Crippen LogP contribution in [0.5, 0.6) is 11.8 Å². The van der Waals surface area contributed by atoms with Crippen molar-refractivity contribution >= 4 is 45.3 Å². The zero-order chi connectivity index (χ0) is 22.9. The maximum atomic E-state index is 12.6. The average molecular weight is 479 g/mol. The molecule has 166 valence electrons. The third-order valence-electron chi connectivity index (χ3n) is 5.32. The molecule has 0 saturated heterocycles. The first-order chi connectivity index (χ1) is 16.0. The Hall–Kier alpha value is -3.75. The number of hydrogen-bond acceptors (Lipinski definition) is 5. The molecule has 7 nitrogen and oxygen atoms in total. The fraction of sp³-hybridized carbons (Fsp3) is 0.0833. The lowest BCUT2D eigenvalue weighted by Gasteiger charge is -2.09. The Morgan fingerprint density at radius 2 is 1.79 bits per heavy atom. The lowest BCUT2D eigenvalue weighted by atomic mass is 10.1. The Morgan fingerprint density at radius 3 is 2.52 bits per heavy atom. The number of carbonyl (C=O) groups is 1. The summed E-state index contributed by atoms with van der Waals surface area (Å²) in [5.74, 6) is -0.535. The Labute approximate surface area is 198 Å². The van der Waals surface area contributed by atoms with Crippen molar-refractivity contribution in [1.82, 2.24) is 14.3 Å². The zero-order valence-corrected chi connectivity index (χ0v) is 18.8. The molecule has 0 atom stereocenters. The van der Waals surface area contributed by atoms with Crippen LogP contribution in [0.1, 0.15) is 20.8 Å². The Morgan fingerprint density at radius 1 is 1.00 bits per heavy atom. The van der Waals surface area contributed by atoms with Gasteiger partial charge in [0.05, 0.1) is 33.4 Å². The predicted octanol–water partition coefficient (Wildman–Crippen LogP) is 5.31. The van der Waals surface area contributed by atoms with Gasteiger partial charge in [0.25, 0.3) is 5.91 Å². The standard InChI is InChI=1S/C24H19ClN4O3S/c25-20-9-8-19(33-20)22(30)27-18-7-2-6-17-21(18)24(32)29(23(17)31)14-16-5-1-4-15(12-16)13-28-11-3-10-26-28/h1-12,31-32H,13-14H2,(H,27,30). The lowest BCUT2D eigenvalue weighted by Crippen LogP contribution is -2.10. The number of anilines is 1. The van der Waals surface area contributed by atoms with Crippen molar-refractivity contribution in [1.29, 1.82) is 0 Å². The maximum absolute atomic E-state index is 12.6. The second-order valence-corrected chi connectivity index (χ2v) is 9.26. The van der Waals surface area contributed by atoms with Crippen molar-refractivity contribution in [2.45, 2.75) is 13.1 Å². The van der Waals surface area contributed by atoms with Crippen LogP contribution in [0.4, 0.5) is 5.69 Å². The molecule has 0 saturated carbocycles. The van der Waals surface area contributed by atoms with Crippen LogP contribution in [0.3, 0.4) is 0 Å². The normalized spacial score (nSPS) is 11.2. The number of aromatic nitrogens is 3. The minimum Gasteiger partial charge on any atom is -0.494 e. The summed E-state index contributed by atoms with van der Waals surface area (Å²) in [6.07, 6.45) is 3.62. The molecule has 0 aliphatic heterocycles. The quantitative estimate of drug-likeness (QED) is 0.308. The number of carbonyl (C=O) groups excluding carboxylic acids is 1. The highest BCUT2D eigenvalue weighted by Crippen LogP contribution is 2.41. The molecular formula is C24H19ClN4O3S. The van der Waals surface area contributed by atoms with E-state index in [9.17, 15) is 15.0 Å². The molecule has 9 heteroatoms. The van der Waals surface area contributed by atoms with Gasteiger partial charge in [0, 0.05) is 17.8 Å². The van der Waals surface area contributed by atoms with Crippen LogP contribution in [0.2, 0.25) is 4.34 Å². The molecule has 0 fully saturated rings. The van der Waals surface area contributed by atoms with Gasteiger partial charge in [0.1, 0.15) is 0 Å². The zero-order valence-electron chi connectivity index (χ0n) is 17.3. The molecule has 0 radical (unpaired) electrons. The van der Waals surface area contributed by atoms with Crippen LogP contribution in [-0.2, 0) is 13.1 Å². The fourth-order valence-corrected chi connectivity index (χ4v) is 4.76. The van der Waals surface area contributed by atoms with Gasteiger partial charge in [-0.05, 0) is 41.5 Å². The Kier molecular flexibility index (Phi) is 5.53. The molecule has 5 aromatic rings. The molecule has 3 N–H and O–H groups in total. The number of hydrogen-bond donors (Lipinski definition) is 3. The second-order valence-electron chi connectivity index (χ2n) is 7.54. The Balaban J connectivity index is 1.46. The number of rotatable bonds is 6. The van der Waals surface area contributed by atoms with Gasteiger partial charge in [-0.25, -0.2) is 0 Å². The number of fused-ring (bicyclic) bond motifs is 1. The first kappa shape index (κ1) is 21.1. The van der Waals surface area contributed by atoms with E-state index in [1.54, 1.807) is 36.5 Å². The van der Waals surface area contributed by atoms with E-state index in [1.807, 2.05) is 41.2 Å². The molecule has 33 heavy (non-hydrogen) atoms. The monoisotopic (exact) mass is 478 g/mol. The van der Waals surface area contributed by atoms with Crippen molar-refractivity contribution in [3.8, 4) is 11.8 Å². The summed E-state index contributed by atoms with van der Waals surface area (Å²) in [5.41, 5.74) is 2.36. The molecule has 3 heterocycles. The van der Waals surface area contributed by atoms with E-state index < -0.39 is 0 Å². The van der Waals surface area contributed by atoms with E-state index in [2.05, 4.69) is 10.4 Å². The van der Waals surface area contributed by atoms with Gasteiger partial charge in [-0.15, -0.1) is 11.3 Å². The number of nitrogens with one attached hydrogen (secondary N) is 1. The van der Waals surface area contributed by atoms with E-state index in [0.717, 1.165) is 11.1 Å². The Bertz CT molecular complexity index is 1460. The van der Waals surface area contributed by atoms with Crippen molar-refractivity contribution in [2.24, 2.45) is 0 Å². The van der Waals surface area contributed by atoms with Gasteiger partial charge in [0.15, 0.2) is 0 Å². The van der Waals surface area contributed by atoms with Crippen LogP contribution >= 0.6 is 22.9 Å². The van der Waals surface area contributed by atoms with Crippen LogP contribution in [0.25, 0.3) is 10.8 Å². The largest absolute Gasteiger partial charge is 0.494 e. The van der Waals surface area contributed by atoms with E-state index in [-0.39, 0.29) is 24.2 Å². The van der Waals surface area contributed by atoms with Gasteiger partial charge in [0.2, 0.25) is 11.8 Å². The van der Waals surface area contributed by atoms with Crippen molar-refractivity contribution in [3.63, 3.8) is 0 Å². The first-order valence-corrected chi connectivity index (χ1v) is 11.3. The highest BCUT2D eigenvalue weighted by molar-refractivity contribution is 7.18. The molecular weight excluding hydrogens is 460 g/mol. The number of halogens is 1. The number of amides is 1. The van der Waals surface area contributed by atoms with Gasteiger partial charge in [-0.2, -0.15) is 5.10 Å². The van der Waals surface area contributed by atoms with Crippen LogP contribution in [0, 0.1) is 0 Å². The van der Waals surface area contributed by atoms with Crippen molar-refractivity contribution in [3.05, 3.63) is 93.4 Å². The summed E-state index contributed by atoms with van der Waals surface area (Å²) < 4.78 is 3.77. The average Bonchev–Trinajstić information content (AvgIpc) is 3.53. The number of aromatic hydroxyl groups is 2. The molecule has 0 unspecified atom stereocenters. The van der Waals surface area contributed by atoms with Gasteiger partial charge in [-0.1, -0.05) is 41.9 Å². The second kappa shape index (κ2) is 8.65. The van der Waals surface area contributed by atoms with Crippen molar-refractivity contribution in [2.75, 3.05) is 5.32 Å². The molecule has 3 aromatic heterocycles. The smallest absolute Gasteiger partial charge is 0.265 e. The summed E-state index contributed by atoms with van der Waals surface area (Å²) in [4.78, 5) is 13.1. The molecule has 0 spiro atoms. The van der Waals surface area contributed by atoms with Crippen molar-refractivity contribution < 1.29 is 15.0 Å². The summed E-state index contributed by atoms with van der Waals surface area (Å²) in [5, 5.41) is 29.7. The van der Waals surface area contributed by atoms with E-state index >= 15 is 0 Å². The number of thiophene rings is 1. The van der Waals surface area contributed by atoms with E-state index in [0.29, 0.717) is 32.2 Å². The predicted molar refractivity (Wildman–Crippen MR) is 129 cm³/mol. The highest BCUT2D eigenvalue weighted by atomic mass is 35.5. The molecule has 5 rings (SSSR count). The molecule has 0 aliphatic rings. The van der Waals surface area contributed by atoms with Gasteiger partial charge >= 0.3 is 0 Å². The number of benzene rings is 2. The molecule has 0 aliphatic carbocycles. The van der Waals surface area contributed by atoms with E-state index in [1.165, 1.54) is 15.9 Å². The minimum absolute atomic E-state index is 0.0738. The van der Waals surface area contributed by atoms with Gasteiger partial charge < -0.3 is 15.5 Å². The van der Waals surface area contributed by atoms with E-state index in [4.69, 9.17) is 11.6 Å². The molecule has 1 amide bonds. The summed E-state index contributed by atoms with van der Waals surface area (Å²) in [6, 6.07) is 18.1. The highest BCUT2D eigenvalue weighted by Gasteiger charge is 2.20. The molecule has 2 aromatic carbocycles. The van der Waals surface area contributed by atoms with Crippen LogP contribution in [-0.4, -0.2) is 30.5 Å². The fourth-order valence-electron chi connectivity index (χ4n) is 3.82. The third-order valence-corrected chi connectivity index (χ3v) is 6.55. The van der Waals surface area contributed by atoms with Gasteiger partial charge in [-0.3, -0.25) is 14.0 Å². The first-order valence-electron chi connectivity index (χ1n) is 10.1. The lowest BCUT2D eigenvalue weighted by molar-refractivity contribution is 0.103. The topological polar surface area (TPSA) is 92.3 Å². The van der Waals surface area contributed by atoms with Crippen LogP contribution in [0.15, 0.2) is 73.1 Å². The number of nitrogens with zero attached hydrogens (tertiary/aromatic N) is 3.